The summed E-state index contributed by atoms with van der Waals surface area (Å²) in [5.74, 6) is -0.0933. The standard InChI is InChI=1S/C17H19N3O/c1-3-10-18-17(21)15-6-8-16(9-7-15)20-12-14-5-4-13(2)19-11-14/h3-9,11,20H,1,10,12H2,2H3,(H,18,21). The average Bonchev–Trinajstić information content (AvgIpc) is 2.52. The van der Waals surface area contributed by atoms with E-state index in [1.165, 1.54) is 0 Å². The summed E-state index contributed by atoms with van der Waals surface area (Å²) in [7, 11) is 0. The summed E-state index contributed by atoms with van der Waals surface area (Å²) in [4.78, 5) is 16.0. The summed E-state index contributed by atoms with van der Waals surface area (Å²) in [6.07, 6.45) is 3.52. The SMILES string of the molecule is C=CCNC(=O)c1ccc(NCc2ccc(C)nc2)cc1. The van der Waals surface area contributed by atoms with Crippen molar-refractivity contribution in [2.45, 2.75) is 13.5 Å². The first-order valence-corrected chi connectivity index (χ1v) is 6.83. The zero-order chi connectivity index (χ0) is 15.1. The molecule has 0 atom stereocenters. The number of aryl methyl sites for hydroxylation is 1. The third-order valence-electron chi connectivity index (χ3n) is 3.02. The van der Waals surface area contributed by atoms with Gasteiger partial charge >= 0.3 is 0 Å². The van der Waals surface area contributed by atoms with Crippen molar-refractivity contribution in [1.82, 2.24) is 10.3 Å². The minimum Gasteiger partial charge on any atom is -0.381 e. The minimum atomic E-state index is -0.0933. The fourth-order valence-corrected chi connectivity index (χ4v) is 1.81. The number of pyridine rings is 1. The highest BCUT2D eigenvalue weighted by Gasteiger charge is 2.03. The largest absolute Gasteiger partial charge is 0.381 e. The maximum atomic E-state index is 11.7. The number of hydrogen-bond acceptors (Lipinski definition) is 3. The highest BCUT2D eigenvalue weighted by atomic mass is 16.1. The van der Waals surface area contributed by atoms with E-state index in [2.05, 4.69) is 22.2 Å². The van der Waals surface area contributed by atoms with Crippen LogP contribution in [0.5, 0.6) is 0 Å². The second-order valence-electron chi connectivity index (χ2n) is 4.74. The third-order valence-corrected chi connectivity index (χ3v) is 3.02. The molecule has 1 heterocycles. The van der Waals surface area contributed by atoms with Gasteiger partial charge in [0.2, 0.25) is 0 Å². The van der Waals surface area contributed by atoms with E-state index in [0.717, 1.165) is 16.9 Å². The van der Waals surface area contributed by atoms with Crippen LogP contribution in [0.4, 0.5) is 5.69 Å². The summed E-state index contributed by atoms with van der Waals surface area (Å²) in [6, 6.07) is 11.4. The van der Waals surface area contributed by atoms with Crippen molar-refractivity contribution in [3.63, 3.8) is 0 Å². The maximum Gasteiger partial charge on any atom is 0.251 e. The van der Waals surface area contributed by atoms with Gasteiger partial charge in [-0.1, -0.05) is 12.1 Å². The number of hydrogen-bond donors (Lipinski definition) is 2. The predicted octanol–water partition coefficient (Wildman–Crippen LogP) is 2.92. The van der Waals surface area contributed by atoms with Crippen LogP contribution in [0.3, 0.4) is 0 Å². The Morgan fingerprint density at radius 1 is 1.24 bits per heavy atom. The van der Waals surface area contributed by atoms with E-state index in [9.17, 15) is 4.79 Å². The molecule has 0 spiro atoms. The molecule has 0 unspecified atom stereocenters. The minimum absolute atomic E-state index is 0.0933. The van der Waals surface area contributed by atoms with Crippen molar-refractivity contribution in [3.05, 3.63) is 72.1 Å². The lowest BCUT2D eigenvalue weighted by atomic mass is 10.2. The van der Waals surface area contributed by atoms with E-state index in [4.69, 9.17) is 0 Å². The second kappa shape index (κ2) is 7.24. The molecule has 1 aromatic heterocycles. The topological polar surface area (TPSA) is 54.0 Å². The summed E-state index contributed by atoms with van der Waals surface area (Å²) in [5, 5.41) is 6.05. The van der Waals surface area contributed by atoms with Crippen molar-refractivity contribution in [2.75, 3.05) is 11.9 Å². The number of nitrogens with zero attached hydrogens (tertiary/aromatic N) is 1. The van der Waals surface area contributed by atoms with Gasteiger partial charge < -0.3 is 10.6 Å². The highest BCUT2D eigenvalue weighted by Crippen LogP contribution is 2.11. The molecule has 0 saturated heterocycles. The van der Waals surface area contributed by atoms with E-state index in [0.29, 0.717) is 18.7 Å². The number of aromatic nitrogens is 1. The summed E-state index contributed by atoms with van der Waals surface area (Å²) in [5.41, 5.74) is 3.73. The van der Waals surface area contributed by atoms with Crippen LogP contribution in [0.25, 0.3) is 0 Å². The lowest BCUT2D eigenvalue weighted by Gasteiger charge is -2.08. The second-order valence-corrected chi connectivity index (χ2v) is 4.74. The summed E-state index contributed by atoms with van der Waals surface area (Å²) in [6.45, 7) is 6.71. The van der Waals surface area contributed by atoms with Crippen LogP contribution in [-0.2, 0) is 6.54 Å². The molecular formula is C17H19N3O. The van der Waals surface area contributed by atoms with Gasteiger partial charge in [0.05, 0.1) is 0 Å². The molecule has 0 bridgehead atoms. The molecule has 2 aromatic rings. The Kier molecular flexibility index (Phi) is 5.10. The lowest BCUT2D eigenvalue weighted by Crippen LogP contribution is -2.23. The molecule has 21 heavy (non-hydrogen) atoms. The van der Waals surface area contributed by atoms with Crippen LogP contribution in [0.1, 0.15) is 21.6 Å². The van der Waals surface area contributed by atoms with Crippen LogP contribution in [0.15, 0.2) is 55.3 Å². The van der Waals surface area contributed by atoms with E-state index in [-0.39, 0.29) is 5.91 Å². The van der Waals surface area contributed by atoms with Gasteiger partial charge in [-0.05, 0) is 42.8 Å². The molecule has 2 rings (SSSR count). The third kappa shape index (κ3) is 4.45. The fraction of sp³-hybridized carbons (Fsp3) is 0.176. The van der Waals surface area contributed by atoms with Crippen molar-refractivity contribution in [2.24, 2.45) is 0 Å². The summed E-state index contributed by atoms with van der Waals surface area (Å²) < 4.78 is 0. The number of rotatable bonds is 6. The van der Waals surface area contributed by atoms with E-state index in [1.807, 2.05) is 37.4 Å². The van der Waals surface area contributed by atoms with Crippen LogP contribution in [0.2, 0.25) is 0 Å². The van der Waals surface area contributed by atoms with Gasteiger partial charge in [-0.25, -0.2) is 0 Å². The molecule has 0 aliphatic heterocycles. The molecule has 1 amide bonds. The predicted molar refractivity (Wildman–Crippen MR) is 85.3 cm³/mol. The number of carbonyl (C=O) groups is 1. The van der Waals surface area contributed by atoms with Gasteiger partial charge in [-0.3, -0.25) is 9.78 Å². The van der Waals surface area contributed by atoms with Gasteiger partial charge in [0.15, 0.2) is 0 Å². The Balaban J connectivity index is 1.91. The zero-order valence-corrected chi connectivity index (χ0v) is 12.1. The number of anilines is 1. The molecule has 0 fully saturated rings. The van der Waals surface area contributed by atoms with Gasteiger partial charge in [-0.15, -0.1) is 6.58 Å². The maximum absolute atomic E-state index is 11.7. The Morgan fingerprint density at radius 2 is 2.00 bits per heavy atom. The number of nitrogens with one attached hydrogen (secondary N) is 2. The first-order chi connectivity index (χ1) is 10.2. The van der Waals surface area contributed by atoms with E-state index < -0.39 is 0 Å². The molecule has 0 saturated carbocycles. The molecule has 4 nitrogen and oxygen atoms in total. The van der Waals surface area contributed by atoms with Gasteiger partial charge in [-0.2, -0.15) is 0 Å². The van der Waals surface area contributed by atoms with Crippen LogP contribution >= 0.6 is 0 Å². The first kappa shape index (κ1) is 14.8. The van der Waals surface area contributed by atoms with Crippen molar-refractivity contribution < 1.29 is 4.79 Å². The van der Waals surface area contributed by atoms with Crippen molar-refractivity contribution in [3.8, 4) is 0 Å². The molecule has 108 valence electrons. The fourth-order valence-electron chi connectivity index (χ4n) is 1.81. The van der Waals surface area contributed by atoms with Crippen molar-refractivity contribution in [1.29, 1.82) is 0 Å². The number of amides is 1. The summed E-state index contributed by atoms with van der Waals surface area (Å²) >= 11 is 0. The van der Waals surface area contributed by atoms with Crippen LogP contribution in [-0.4, -0.2) is 17.4 Å². The number of benzene rings is 1. The Morgan fingerprint density at radius 3 is 2.62 bits per heavy atom. The Hall–Kier alpha value is -2.62. The Labute approximate surface area is 124 Å². The normalized spacial score (nSPS) is 9.95. The molecule has 2 N–H and O–H groups in total. The molecular weight excluding hydrogens is 262 g/mol. The Bertz CT molecular complexity index is 603. The molecule has 0 aliphatic carbocycles. The molecule has 1 aromatic carbocycles. The van der Waals surface area contributed by atoms with Crippen LogP contribution in [0, 0.1) is 6.92 Å². The van der Waals surface area contributed by atoms with E-state index in [1.54, 1.807) is 18.2 Å². The van der Waals surface area contributed by atoms with Crippen LogP contribution < -0.4 is 10.6 Å². The first-order valence-electron chi connectivity index (χ1n) is 6.83. The zero-order valence-electron chi connectivity index (χ0n) is 12.1. The van der Waals surface area contributed by atoms with Gasteiger partial charge in [0.1, 0.15) is 0 Å². The smallest absolute Gasteiger partial charge is 0.251 e. The van der Waals surface area contributed by atoms with E-state index >= 15 is 0 Å². The van der Waals surface area contributed by atoms with Gasteiger partial charge in [0, 0.05) is 36.2 Å². The highest BCUT2D eigenvalue weighted by molar-refractivity contribution is 5.94. The molecule has 4 heteroatoms. The molecule has 0 aliphatic rings. The van der Waals surface area contributed by atoms with Crippen molar-refractivity contribution >= 4 is 11.6 Å². The monoisotopic (exact) mass is 281 g/mol. The van der Waals surface area contributed by atoms with Gasteiger partial charge in [0.25, 0.3) is 5.91 Å². The lowest BCUT2D eigenvalue weighted by molar-refractivity contribution is 0.0958. The molecule has 0 radical (unpaired) electrons. The number of carbonyl (C=O) groups excluding carboxylic acids is 1. The quantitative estimate of drug-likeness (QED) is 0.800. The average molecular weight is 281 g/mol.